The monoisotopic (exact) mass is 410 g/mol. The minimum Gasteiger partial charge on any atom is -0.272 e. The van der Waals surface area contributed by atoms with Crippen molar-refractivity contribution in [3.05, 3.63) is 75.2 Å². The van der Waals surface area contributed by atoms with Gasteiger partial charge in [-0.15, -0.1) is 0 Å². The fourth-order valence-electron chi connectivity index (χ4n) is 3.47. The van der Waals surface area contributed by atoms with Gasteiger partial charge in [-0.2, -0.15) is 5.10 Å². The fourth-order valence-corrected chi connectivity index (χ4v) is 3.66. The van der Waals surface area contributed by atoms with Gasteiger partial charge in [0.05, 0.1) is 10.8 Å². The van der Waals surface area contributed by atoms with Crippen LogP contribution in [-0.4, -0.2) is 21.6 Å². The highest BCUT2D eigenvalue weighted by Crippen LogP contribution is 2.48. The molecule has 29 heavy (non-hydrogen) atoms. The van der Waals surface area contributed by atoms with Crippen LogP contribution in [0.5, 0.6) is 0 Å². The second kappa shape index (κ2) is 7.33. The summed E-state index contributed by atoms with van der Waals surface area (Å²) in [6.07, 6.45) is 1.36. The van der Waals surface area contributed by atoms with Crippen LogP contribution in [0.3, 0.4) is 0 Å². The van der Waals surface area contributed by atoms with Crippen molar-refractivity contribution in [3.63, 3.8) is 0 Å². The quantitative estimate of drug-likeness (QED) is 0.646. The lowest BCUT2D eigenvalue weighted by Crippen LogP contribution is -2.47. The van der Waals surface area contributed by atoms with Gasteiger partial charge in [0.1, 0.15) is 0 Å². The lowest BCUT2D eigenvalue weighted by molar-refractivity contribution is -0.124. The molecule has 2 amide bonds. The Kier molecular flexibility index (Phi) is 4.84. The molecule has 4 rings (SSSR count). The number of carbonyl (C=O) groups excluding carboxylic acids is 2. The number of nitrogens with zero attached hydrogens (tertiary/aromatic N) is 2. The lowest BCUT2D eigenvalue weighted by Gasteiger charge is -2.17. The molecule has 1 saturated carbocycles. The molecule has 1 heterocycles. The van der Waals surface area contributed by atoms with Crippen LogP contribution in [0.15, 0.2) is 53.3 Å². The van der Waals surface area contributed by atoms with Gasteiger partial charge in [-0.05, 0) is 43.5 Å². The Labute approximate surface area is 171 Å². The first-order valence-corrected chi connectivity index (χ1v) is 9.71. The number of nitrogens with one attached hydrogen (secondary N) is 2. The summed E-state index contributed by atoms with van der Waals surface area (Å²) in [6, 6.07) is 13.9. The van der Waals surface area contributed by atoms with Gasteiger partial charge < -0.3 is 0 Å². The first-order valence-electron chi connectivity index (χ1n) is 9.33. The van der Waals surface area contributed by atoms with Gasteiger partial charge in [0, 0.05) is 17.0 Å². The second-order valence-corrected chi connectivity index (χ2v) is 7.45. The normalized spacial score (nSPS) is 14.4. The predicted molar refractivity (Wildman–Crippen MR) is 110 cm³/mol. The van der Waals surface area contributed by atoms with E-state index in [0.29, 0.717) is 35.2 Å². The SMILES string of the molecule is CCn1nc(C(=O)NNC(=O)C2(c3cccc(Cl)c3)CC2)c2ccccc2c1=O. The van der Waals surface area contributed by atoms with Crippen LogP contribution in [0.4, 0.5) is 0 Å². The van der Waals surface area contributed by atoms with Gasteiger partial charge in [0.25, 0.3) is 11.5 Å². The van der Waals surface area contributed by atoms with E-state index in [9.17, 15) is 14.4 Å². The van der Waals surface area contributed by atoms with Gasteiger partial charge in [-0.1, -0.05) is 41.9 Å². The van der Waals surface area contributed by atoms with E-state index in [2.05, 4.69) is 16.0 Å². The topological polar surface area (TPSA) is 93.1 Å². The van der Waals surface area contributed by atoms with E-state index < -0.39 is 11.3 Å². The minimum absolute atomic E-state index is 0.0787. The summed E-state index contributed by atoms with van der Waals surface area (Å²) in [5.41, 5.74) is 4.90. The number of halogens is 1. The van der Waals surface area contributed by atoms with Crippen LogP contribution in [0.25, 0.3) is 10.8 Å². The van der Waals surface area contributed by atoms with E-state index in [4.69, 9.17) is 11.6 Å². The number of rotatable bonds is 4. The molecule has 3 aromatic rings. The molecule has 2 N–H and O–H groups in total. The maximum atomic E-state index is 12.8. The maximum Gasteiger partial charge on any atom is 0.290 e. The van der Waals surface area contributed by atoms with E-state index >= 15 is 0 Å². The molecule has 0 atom stereocenters. The summed E-state index contributed by atoms with van der Waals surface area (Å²) in [6.45, 7) is 2.10. The number of aromatic nitrogens is 2. The first kappa shape index (κ1) is 19.1. The molecule has 1 aliphatic carbocycles. The third-order valence-electron chi connectivity index (χ3n) is 5.23. The molecular weight excluding hydrogens is 392 g/mol. The summed E-state index contributed by atoms with van der Waals surface area (Å²) < 4.78 is 1.23. The molecule has 0 aliphatic heterocycles. The zero-order valence-electron chi connectivity index (χ0n) is 15.7. The summed E-state index contributed by atoms with van der Waals surface area (Å²) >= 11 is 6.05. The highest BCUT2D eigenvalue weighted by atomic mass is 35.5. The number of amides is 2. The van der Waals surface area contributed by atoms with Crippen molar-refractivity contribution >= 4 is 34.2 Å². The molecule has 2 aromatic carbocycles. The van der Waals surface area contributed by atoms with Crippen molar-refractivity contribution in [1.82, 2.24) is 20.6 Å². The molecule has 0 radical (unpaired) electrons. The molecule has 8 heteroatoms. The van der Waals surface area contributed by atoms with Crippen LogP contribution < -0.4 is 16.4 Å². The number of aryl methyl sites for hydroxylation is 1. The molecule has 148 valence electrons. The molecule has 0 bridgehead atoms. The molecule has 1 fully saturated rings. The molecule has 1 aliphatic rings. The van der Waals surface area contributed by atoms with Crippen molar-refractivity contribution in [2.75, 3.05) is 0 Å². The number of hydrazine groups is 1. The molecular formula is C21H19ClN4O3. The Bertz CT molecular complexity index is 1180. The molecule has 0 saturated heterocycles. The number of benzene rings is 2. The zero-order valence-corrected chi connectivity index (χ0v) is 16.5. The minimum atomic E-state index is -0.685. The van der Waals surface area contributed by atoms with Crippen LogP contribution in [0, 0.1) is 0 Å². The van der Waals surface area contributed by atoms with E-state index in [1.54, 1.807) is 49.4 Å². The molecule has 0 unspecified atom stereocenters. The van der Waals surface area contributed by atoms with Gasteiger partial charge in [0.2, 0.25) is 5.91 Å². The summed E-state index contributed by atoms with van der Waals surface area (Å²) in [7, 11) is 0. The van der Waals surface area contributed by atoms with Crippen molar-refractivity contribution < 1.29 is 9.59 Å². The number of hydrogen-bond acceptors (Lipinski definition) is 4. The summed E-state index contributed by atoms with van der Waals surface area (Å²) in [5.74, 6) is -0.889. The van der Waals surface area contributed by atoms with E-state index in [0.717, 1.165) is 5.56 Å². The Morgan fingerprint density at radius 2 is 1.83 bits per heavy atom. The maximum absolute atomic E-state index is 12.8. The van der Waals surface area contributed by atoms with Crippen LogP contribution in [0.1, 0.15) is 35.8 Å². The van der Waals surface area contributed by atoms with Gasteiger partial charge in [-0.25, -0.2) is 4.68 Å². The van der Waals surface area contributed by atoms with Gasteiger partial charge >= 0.3 is 0 Å². The number of carbonyl (C=O) groups is 2. The highest BCUT2D eigenvalue weighted by molar-refractivity contribution is 6.30. The average Bonchev–Trinajstić information content (AvgIpc) is 3.54. The Balaban J connectivity index is 1.57. The smallest absolute Gasteiger partial charge is 0.272 e. The Morgan fingerprint density at radius 1 is 1.10 bits per heavy atom. The first-order chi connectivity index (χ1) is 14.0. The number of fused-ring (bicyclic) bond motifs is 1. The van der Waals surface area contributed by atoms with E-state index in [1.165, 1.54) is 4.68 Å². The van der Waals surface area contributed by atoms with Gasteiger partial charge in [0.15, 0.2) is 5.69 Å². The van der Waals surface area contributed by atoms with Crippen LogP contribution in [-0.2, 0) is 16.8 Å². The third-order valence-corrected chi connectivity index (χ3v) is 5.47. The average molecular weight is 411 g/mol. The van der Waals surface area contributed by atoms with Crippen LogP contribution >= 0.6 is 11.6 Å². The fraction of sp³-hybridized carbons (Fsp3) is 0.238. The lowest BCUT2D eigenvalue weighted by atomic mass is 9.95. The zero-order chi connectivity index (χ0) is 20.6. The van der Waals surface area contributed by atoms with Crippen molar-refractivity contribution in [3.8, 4) is 0 Å². The van der Waals surface area contributed by atoms with E-state index in [1.807, 2.05) is 6.07 Å². The standard InChI is InChI=1S/C21H19ClN4O3/c1-2-26-19(28)16-9-4-3-8-15(16)17(25-26)18(27)23-24-20(29)21(10-11-21)13-6-5-7-14(22)12-13/h3-9,12H,2,10-11H2,1H3,(H,23,27)(H,24,29). The van der Waals surface area contributed by atoms with Crippen LogP contribution in [0.2, 0.25) is 5.02 Å². The Hall–Kier alpha value is -3.19. The molecule has 7 nitrogen and oxygen atoms in total. The van der Waals surface area contributed by atoms with Gasteiger partial charge in [-0.3, -0.25) is 25.2 Å². The largest absolute Gasteiger partial charge is 0.290 e. The predicted octanol–water partition coefficient (Wildman–Crippen LogP) is 2.56. The second-order valence-electron chi connectivity index (χ2n) is 7.02. The van der Waals surface area contributed by atoms with E-state index in [-0.39, 0.29) is 17.2 Å². The summed E-state index contributed by atoms with van der Waals surface area (Å²) in [4.78, 5) is 37.9. The summed E-state index contributed by atoms with van der Waals surface area (Å²) in [5, 5.41) is 5.56. The van der Waals surface area contributed by atoms with Crippen molar-refractivity contribution in [1.29, 1.82) is 0 Å². The highest BCUT2D eigenvalue weighted by Gasteiger charge is 2.51. The van der Waals surface area contributed by atoms with Crippen molar-refractivity contribution in [2.24, 2.45) is 0 Å². The molecule has 0 spiro atoms. The third kappa shape index (κ3) is 3.38. The van der Waals surface area contributed by atoms with Crippen molar-refractivity contribution in [2.45, 2.75) is 31.7 Å². The number of hydrogen-bond donors (Lipinski definition) is 2. The Morgan fingerprint density at radius 3 is 2.48 bits per heavy atom. The molecule has 1 aromatic heterocycles.